The average molecular weight is 532 g/mol. The van der Waals surface area contributed by atoms with E-state index in [4.69, 9.17) is 10.6 Å². The third-order valence-corrected chi connectivity index (χ3v) is 8.52. The molecule has 5 rings (SSSR count). The summed E-state index contributed by atoms with van der Waals surface area (Å²) in [6, 6.07) is 5.00. The van der Waals surface area contributed by atoms with E-state index in [1.54, 1.807) is 16.7 Å². The molecule has 11 nitrogen and oxygen atoms in total. The number of nitrogens with one attached hydrogen (secondary N) is 1. The Morgan fingerprint density at radius 1 is 1.40 bits per heavy atom. The summed E-state index contributed by atoms with van der Waals surface area (Å²) in [5, 5.41) is 20.6. The molecule has 5 heterocycles. The van der Waals surface area contributed by atoms with Crippen LogP contribution < -0.4 is 15.6 Å². The van der Waals surface area contributed by atoms with E-state index in [1.807, 2.05) is 34.3 Å². The van der Waals surface area contributed by atoms with Crippen molar-refractivity contribution >= 4 is 73.3 Å². The molecule has 3 aromatic heterocycles. The molecule has 2 aliphatic rings. The molecule has 0 aromatic carbocycles. The summed E-state index contributed by atoms with van der Waals surface area (Å²) in [5.41, 5.74) is 6.34. The molecule has 0 unspecified atom stereocenters. The molecule has 4 N–H and O–H groups in total. The smallest absolute Gasteiger partial charge is 0.352 e. The number of thiophene rings is 1. The maximum Gasteiger partial charge on any atom is 0.352 e. The van der Waals surface area contributed by atoms with Crippen LogP contribution >= 0.6 is 34.4 Å². The number of aromatic nitrogens is 2. The van der Waals surface area contributed by atoms with Crippen molar-refractivity contribution in [3.63, 3.8) is 0 Å². The van der Waals surface area contributed by atoms with E-state index in [0.29, 0.717) is 17.9 Å². The SMILES string of the molecule is CO/N=C(\C(=O)N[C@@H]1C(=O)N2C(C(=O)O)=C(C[n+]3cccc4ccsc43)CS[C@H]12)c1csc(N)n1. The van der Waals surface area contributed by atoms with Crippen LogP contribution in [0.2, 0.25) is 0 Å². The van der Waals surface area contributed by atoms with Gasteiger partial charge in [-0.1, -0.05) is 16.5 Å². The fraction of sp³-hybridized carbons (Fsp3) is 0.238. The monoisotopic (exact) mass is 531 g/mol. The van der Waals surface area contributed by atoms with Gasteiger partial charge in [-0.3, -0.25) is 14.5 Å². The van der Waals surface area contributed by atoms with Gasteiger partial charge in [-0.2, -0.15) is 4.57 Å². The molecule has 2 aliphatic heterocycles. The molecule has 3 aromatic rings. The third kappa shape index (κ3) is 4.13. The second-order valence-corrected chi connectivity index (χ2v) is 10.5. The number of amides is 2. The molecule has 1 saturated heterocycles. The molecule has 2 amide bonds. The first-order chi connectivity index (χ1) is 16.9. The Kier molecular flexibility index (Phi) is 6.17. The van der Waals surface area contributed by atoms with Gasteiger partial charge in [0.1, 0.15) is 29.9 Å². The van der Waals surface area contributed by atoms with Crippen LogP contribution in [0.4, 0.5) is 5.13 Å². The highest BCUT2D eigenvalue weighted by molar-refractivity contribution is 8.00. The third-order valence-electron chi connectivity index (χ3n) is 5.54. The number of nitrogen functional groups attached to an aromatic ring is 1. The molecule has 1 fully saturated rings. The van der Waals surface area contributed by atoms with E-state index in [-0.39, 0.29) is 22.2 Å². The van der Waals surface area contributed by atoms with Crippen molar-refractivity contribution in [1.29, 1.82) is 0 Å². The molecule has 35 heavy (non-hydrogen) atoms. The Labute approximate surface area is 210 Å². The fourth-order valence-electron chi connectivity index (χ4n) is 4.03. The van der Waals surface area contributed by atoms with Crippen LogP contribution in [0.15, 0.2) is 51.6 Å². The predicted molar refractivity (Wildman–Crippen MR) is 132 cm³/mol. The number of thiazole rings is 1. The second-order valence-electron chi connectivity index (χ2n) is 7.63. The Hall–Kier alpha value is -3.49. The van der Waals surface area contributed by atoms with Crippen LogP contribution in [0.1, 0.15) is 5.69 Å². The largest absolute Gasteiger partial charge is 0.477 e. The van der Waals surface area contributed by atoms with Crippen molar-refractivity contribution in [2.24, 2.45) is 5.16 Å². The number of anilines is 1. The Bertz CT molecular complexity index is 1410. The quantitative estimate of drug-likeness (QED) is 0.177. The number of rotatable bonds is 7. The number of hydrogen-bond acceptors (Lipinski definition) is 10. The molecular formula is C21H19N6O5S3+. The van der Waals surface area contributed by atoms with Gasteiger partial charge in [0.15, 0.2) is 23.6 Å². The summed E-state index contributed by atoms with van der Waals surface area (Å²) in [7, 11) is 1.29. The van der Waals surface area contributed by atoms with Crippen LogP contribution in [0, 0.1) is 0 Å². The zero-order chi connectivity index (χ0) is 24.7. The van der Waals surface area contributed by atoms with E-state index >= 15 is 0 Å². The van der Waals surface area contributed by atoms with Gasteiger partial charge < -0.3 is 21.0 Å². The molecule has 0 radical (unpaired) electrons. The highest BCUT2D eigenvalue weighted by Crippen LogP contribution is 2.40. The number of nitrogens with zero attached hydrogens (tertiary/aromatic N) is 4. The van der Waals surface area contributed by atoms with E-state index in [0.717, 1.165) is 21.6 Å². The number of nitrogens with two attached hydrogens (primary N) is 1. The predicted octanol–water partition coefficient (Wildman–Crippen LogP) is 1.02. The summed E-state index contributed by atoms with van der Waals surface area (Å²) in [4.78, 5) is 49.2. The molecule has 2 atom stereocenters. The first-order valence-electron chi connectivity index (χ1n) is 10.3. The molecular weight excluding hydrogens is 512 g/mol. The molecule has 0 aliphatic carbocycles. The van der Waals surface area contributed by atoms with E-state index in [2.05, 4.69) is 15.5 Å². The summed E-state index contributed by atoms with van der Waals surface area (Å²) in [6.45, 7) is 0.343. The number of carboxylic acid groups (broad SMARTS) is 1. The number of pyridine rings is 1. The van der Waals surface area contributed by atoms with Gasteiger partial charge in [-0.15, -0.1) is 23.1 Å². The van der Waals surface area contributed by atoms with Crippen molar-refractivity contribution in [2.75, 3.05) is 18.6 Å². The van der Waals surface area contributed by atoms with Crippen molar-refractivity contribution in [3.05, 3.63) is 52.1 Å². The lowest BCUT2D eigenvalue weighted by Crippen LogP contribution is -2.71. The maximum atomic E-state index is 13.0. The zero-order valence-electron chi connectivity index (χ0n) is 18.2. The number of carbonyl (C=O) groups excluding carboxylic acids is 2. The Balaban J connectivity index is 1.38. The van der Waals surface area contributed by atoms with Crippen LogP contribution in [0.25, 0.3) is 10.2 Å². The van der Waals surface area contributed by atoms with E-state index in [9.17, 15) is 19.5 Å². The maximum absolute atomic E-state index is 13.0. The van der Waals surface area contributed by atoms with Gasteiger partial charge in [0.2, 0.25) is 0 Å². The van der Waals surface area contributed by atoms with Crippen molar-refractivity contribution in [3.8, 4) is 0 Å². The highest BCUT2D eigenvalue weighted by atomic mass is 32.2. The van der Waals surface area contributed by atoms with Crippen molar-refractivity contribution in [2.45, 2.75) is 18.0 Å². The molecule has 180 valence electrons. The molecule has 0 bridgehead atoms. The first kappa shape index (κ1) is 23.3. The number of carbonyl (C=O) groups is 3. The van der Waals surface area contributed by atoms with Crippen molar-refractivity contribution in [1.82, 2.24) is 15.2 Å². The highest BCUT2D eigenvalue weighted by Gasteiger charge is 2.54. The lowest BCUT2D eigenvalue weighted by molar-refractivity contribution is -0.661. The average Bonchev–Trinajstić information content (AvgIpc) is 3.49. The minimum absolute atomic E-state index is 0.0386. The number of aliphatic carboxylic acids is 1. The summed E-state index contributed by atoms with van der Waals surface area (Å²) >= 11 is 4.11. The number of thioether (sulfide) groups is 1. The zero-order valence-corrected chi connectivity index (χ0v) is 20.7. The summed E-state index contributed by atoms with van der Waals surface area (Å²) in [5.74, 6) is -1.94. The van der Waals surface area contributed by atoms with Gasteiger partial charge in [-0.05, 0) is 17.5 Å². The van der Waals surface area contributed by atoms with Gasteiger partial charge in [0.25, 0.3) is 16.6 Å². The fourth-order valence-corrected chi connectivity index (χ4v) is 6.79. The van der Waals surface area contributed by atoms with Crippen LogP contribution in [-0.4, -0.2) is 62.8 Å². The normalized spacial score (nSPS) is 20.0. The minimum Gasteiger partial charge on any atom is -0.477 e. The number of β-lactam (4-membered cyclic amide) rings is 1. The summed E-state index contributed by atoms with van der Waals surface area (Å²) < 4.78 is 1.98. The van der Waals surface area contributed by atoms with Gasteiger partial charge >= 0.3 is 5.97 Å². The molecule has 14 heteroatoms. The van der Waals surface area contributed by atoms with E-state index in [1.165, 1.54) is 23.8 Å². The number of fused-ring (bicyclic) bond motifs is 2. The number of carboxylic acids is 1. The van der Waals surface area contributed by atoms with Crippen LogP contribution in [0.5, 0.6) is 0 Å². The Morgan fingerprint density at radius 2 is 2.23 bits per heavy atom. The standard InChI is InChI=1S/C21H18N6O5S3/c1-32-25-13(12-9-35-21(22)23-12)16(28)24-14-17(29)27-15(20(30)31)11(8-34-19(14)27)7-26-5-2-3-10-4-6-33-18(10)26/h2-6,9,14,19H,7-8H2,1H3,(H3-,22,23,24,28,30,31)/p+1/b25-13-/t14-,19-/m1/s1. The van der Waals surface area contributed by atoms with Crippen molar-refractivity contribution < 1.29 is 28.9 Å². The van der Waals surface area contributed by atoms with Gasteiger partial charge in [-0.25, -0.2) is 9.78 Å². The van der Waals surface area contributed by atoms with Crippen LogP contribution in [0.3, 0.4) is 0 Å². The van der Waals surface area contributed by atoms with Crippen LogP contribution in [-0.2, 0) is 25.8 Å². The van der Waals surface area contributed by atoms with Gasteiger partial charge in [0, 0.05) is 22.8 Å². The first-order valence-corrected chi connectivity index (χ1v) is 13.1. The number of oxime groups is 1. The Morgan fingerprint density at radius 3 is 2.94 bits per heavy atom. The molecule has 0 spiro atoms. The lowest BCUT2D eigenvalue weighted by Gasteiger charge is -2.49. The number of hydrogen-bond donors (Lipinski definition) is 3. The lowest BCUT2D eigenvalue weighted by atomic mass is 10.0. The van der Waals surface area contributed by atoms with Gasteiger partial charge in [0.05, 0.1) is 5.39 Å². The van der Waals surface area contributed by atoms with E-state index < -0.39 is 29.2 Å². The second kappa shape index (κ2) is 9.28. The molecule has 0 saturated carbocycles. The summed E-state index contributed by atoms with van der Waals surface area (Å²) in [6.07, 6.45) is 1.89. The topological polar surface area (TPSA) is 151 Å². The minimum atomic E-state index is -1.18.